The number of carbonyl (C=O) groups is 1. The number of carbonyl (C=O) groups excluding carboxylic acids is 1. The molecule has 1 atom stereocenters. The predicted octanol–water partition coefficient (Wildman–Crippen LogP) is 2.35. The third-order valence-electron chi connectivity index (χ3n) is 2.76. The van der Waals surface area contributed by atoms with Crippen LogP contribution < -0.4 is 5.48 Å². The van der Waals surface area contributed by atoms with Crippen LogP contribution in [0, 0.1) is 0 Å². The Morgan fingerprint density at radius 2 is 2.56 bits per heavy atom. The molecular formula is C12H18N2O3S. The third kappa shape index (κ3) is 3.97. The number of ether oxygens (including phenoxy) is 1. The van der Waals surface area contributed by atoms with Gasteiger partial charge in [0.1, 0.15) is 0 Å². The van der Waals surface area contributed by atoms with Gasteiger partial charge in [-0.05, 0) is 35.2 Å². The summed E-state index contributed by atoms with van der Waals surface area (Å²) < 4.78 is 5.36. The van der Waals surface area contributed by atoms with Gasteiger partial charge in [-0.25, -0.2) is 15.1 Å². The van der Waals surface area contributed by atoms with E-state index in [-0.39, 0.29) is 12.3 Å². The van der Waals surface area contributed by atoms with E-state index < -0.39 is 0 Å². The van der Waals surface area contributed by atoms with Crippen LogP contribution in [0.15, 0.2) is 16.8 Å². The first kappa shape index (κ1) is 13.3. The molecule has 1 fully saturated rings. The van der Waals surface area contributed by atoms with Gasteiger partial charge >= 0.3 is 6.03 Å². The van der Waals surface area contributed by atoms with Gasteiger partial charge in [0, 0.05) is 26.6 Å². The first-order chi connectivity index (χ1) is 8.75. The molecule has 1 aliphatic rings. The molecule has 0 radical (unpaired) electrons. The van der Waals surface area contributed by atoms with Crippen molar-refractivity contribution in [2.45, 2.75) is 32.1 Å². The molecule has 2 amide bonds. The van der Waals surface area contributed by atoms with E-state index in [4.69, 9.17) is 9.57 Å². The van der Waals surface area contributed by atoms with Crippen LogP contribution in [0.5, 0.6) is 0 Å². The Morgan fingerprint density at radius 1 is 1.67 bits per heavy atom. The Labute approximate surface area is 111 Å². The minimum atomic E-state index is -0.308. The van der Waals surface area contributed by atoms with E-state index in [1.54, 1.807) is 23.3 Å². The lowest BCUT2D eigenvalue weighted by Crippen LogP contribution is -2.40. The van der Waals surface area contributed by atoms with Gasteiger partial charge in [-0.2, -0.15) is 11.3 Å². The molecule has 1 aromatic rings. The van der Waals surface area contributed by atoms with Crippen molar-refractivity contribution in [1.29, 1.82) is 0 Å². The highest BCUT2D eigenvalue weighted by Crippen LogP contribution is 2.13. The minimum Gasteiger partial charge on any atom is -0.350 e. The SMILES string of the molecule is CN(Cc1ccsc1)C(=O)NO[C@@H]1CCCCO1. The highest BCUT2D eigenvalue weighted by Gasteiger charge is 2.17. The summed E-state index contributed by atoms with van der Waals surface area (Å²) in [4.78, 5) is 18.5. The monoisotopic (exact) mass is 270 g/mol. The van der Waals surface area contributed by atoms with Crippen molar-refractivity contribution < 1.29 is 14.4 Å². The van der Waals surface area contributed by atoms with Crippen LogP contribution in [0.3, 0.4) is 0 Å². The molecule has 0 unspecified atom stereocenters. The summed E-state index contributed by atoms with van der Waals surface area (Å²) in [5, 5.41) is 4.02. The number of hydrogen-bond donors (Lipinski definition) is 1. The molecule has 1 aromatic heterocycles. The van der Waals surface area contributed by atoms with Crippen molar-refractivity contribution >= 4 is 17.4 Å². The lowest BCUT2D eigenvalue weighted by molar-refractivity contribution is -0.187. The maximum atomic E-state index is 11.7. The Hall–Kier alpha value is -1.11. The second-order valence-corrected chi connectivity index (χ2v) is 5.09. The number of urea groups is 1. The summed E-state index contributed by atoms with van der Waals surface area (Å²) in [5.74, 6) is 0. The zero-order chi connectivity index (χ0) is 12.8. The first-order valence-electron chi connectivity index (χ1n) is 6.05. The van der Waals surface area contributed by atoms with Crippen LogP contribution in [0.4, 0.5) is 4.79 Å². The number of nitrogens with one attached hydrogen (secondary N) is 1. The summed E-state index contributed by atoms with van der Waals surface area (Å²) in [7, 11) is 1.73. The molecule has 1 saturated heterocycles. The molecule has 5 nitrogen and oxygen atoms in total. The van der Waals surface area contributed by atoms with Crippen LogP contribution in [0.2, 0.25) is 0 Å². The molecule has 18 heavy (non-hydrogen) atoms. The average Bonchev–Trinajstić information content (AvgIpc) is 2.90. The number of amides is 2. The minimum absolute atomic E-state index is 0.254. The quantitative estimate of drug-likeness (QED) is 0.854. The average molecular weight is 270 g/mol. The Bertz CT molecular complexity index is 363. The fourth-order valence-corrected chi connectivity index (χ4v) is 2.39. The van der Waals surface area contributed by atoms with Crippen LogP contribution in [0.25, 0.3) is 0 Å². The van der Waals surface area contributed by atoms with Gasteiger partial charge in [0.2, 0.25) is 0 Å². The van der Waals surface area contributed by atoms with E-state index in [2.05, 4.69) is 5.48 Å². The number of thiophene rings is 1. The van der Waals surface area contributed by atoms with Gasteiger partial charge in [-0.1, -0.05) is 0 Å². The molecular weight excluding hydrogens is 252 g/mol. The molecule has 0 spiro atoms. The lowest BCUT2D eigenvalue weighted by Gasteiger charge is -2.24. The number of nitrogens with zero attached hydrogens (tertiary/aromatic N) is 1. The van der Waals surface area contributed by atoms with E-state index in [1.807, 2.05) is 16.8 Å². The Morgan fingerprint density at radius 3 is 3.22 bits per heavy atom. The van der Waals surface area contributed by atoms with Crippen LogP contribution in [-0.4, -0.2) is 30.9 Å². The Kier molecular flexibility index (Phi) is 4.98. The zero-order valence-corrected chi connectivity index (χ0v) is 11.2. The van der Waals surface area contributed by atoms with Gasteiger partial charge < -0.3 is 9.64 Å². The molecule has 2 rings (SSSR count). The standard InChI is InChI=1S/C12H18N2O3S/c1-14(8-10-5-7-18-9-10)12(15)13-17-11-4-2-3-6-16-11/h5,7,9,11H,2-4,6,8H2,1H3,(H,13,15)/t11-/m1/s1. The molecule has 1 aliphatic heterocycles. The summed E-state index contributed by atoms with van der Waals surface area (Å²) in [5.41, 5.74) is 3.55. The second kappa shape index (κ2) is 6.72. The molecule has 100 valence electrons. The molecule has 0 aliphatic carbocycles. The van der Waals surface area contributed by atoms with E-state index >= 15 is 0 Å². The van der Waals surface area contributed by atoms with Crippen molar-refractivity contribution in [3.8, 4) is 0 Å². The van der Waals surface area contributed by atoms with Crippen LogP contribution in [-0.2, 0) is 16.1 Å². The van der Waals surface area contributed by atoms with Crippen LogP contribution in [0.1, 0.15) is 24.8 Å². The highest BCUT2D eigenvalue weighted by atomic mass is 32.1. The molecule has 0 saturated carbocycles. The summed E-state index contributed by atoms with van der Waals surface area (Å²) >= 11 is 1.62. The van der Waals surface area contributed by atoms with Crippen molar-refractivity contribution in [3.05, 3.63) is 22.4 Å². The lowest BCUT2D eigenvalue weighted by atomic mass is 10.2. The fourth-order valence-electron chi connectivity index (χ4n) is 1.73. The van der Waals surface area contributed by atoms with E-state index in [9.17, 15) is 4.79 Å². The smallest absolute Gasteiger partial charge is 0.341 e. The molecule has 0 bridgehead atoms. The van der Waals surface area contributed by atoms with Crippen molar-refractivity contribution in [1.82, 2.24) is 10.4 Å². The highest BCUT2D eigenvalue weighted by molar-refractivity contribution is 7.07. The number of hydrogen-bond acceptors (Lipinski definition) is 4. The maximum absolute atomic E-state index is 11.7. The van der Waals surface area contributed by atoms with Crippen LogP contribution >= 0.6 is 11.3 Å². The van der Waals surface area contributed by atoms with Gasteiger partial charge in [0.15, 0.2) is 6.29 Å². The third-order valence-corrected chi connectivity index (χ3v) is 3.49. The van der Waals surface area contributed by atoms with Gasteiger partial charge in [0.05, 0.1) is 0 Å². The fraction of sp³-hybridized carbons (Fsp3) is 0.583. The van der Waals surface area contributed by atoms with Crippen molar-refractivity contribution in [2.75, 3.05) is 13.7 Å². The molecule has 1 N–H and O–H groups in total. The second-order valence-electron chi connectivity index (χ2n) is 4.31. The van der Waals surface area contributed by atoms with Crippen molar-refractivity contribution in [2.24, 2.45) is 0 Å². The number of hydroxylamine groups is 1. The molecule has 0 aromatic carbocycles. The van der Waals surface area contributed by atoms with Crippen molar-refractivity contribution in [3.63, 3.8) is 0 Å². The topological polar surface area (TPSA) is 50.8 Å². The largest absolute Gasteiger partial charge is 0.350 e. The Balaban J connectivity index is 1.70. The van der Waals surface area contributed by atoms with Gasteiger partial charge in [-0.3, -0.25) is 0 Å². The number of rotatable bonds is 4. The molecule has 2 heterocycles. The zero-order valence-electron chi connectivity index (χ0n) is 10.4. The predicted molar refractivity (Wildman–Crippen MR) is 69.0 cm³/mol. The van der Waals surface area contributed by atoms with E-state index in [0.29, 0.717) is 13.2 Å². The first-order valence-corrected chi connectivity index (χ1v) is 6.99. The van der Waals surface area contributed by atoms with Gasteiger partial charge in [-0.15, -0.1) is 0 Å². The van der Waals surface area contributed by atoms with E-state index in [1.165, 1.54) is 0 Å². The summed E-state index contributed by atoms with van der Waals surface area (Å²) in [6.07, 6.45) is 2.66. The normalized spacial score (nSPS) is 19.5. The van der Waals surface area contributed by atoms with E-state index in [0.717, 1.165) is 24.8 Å². The van der Waals surface area contributed by atoms with Gasteiger partial charge in [0.25, 0.3) is 0 Å². The summed E-state index contributed by atoms with van der Waals surface area (Å²) in [6.45, 7) is 1.27. The molecule has 6 heteroatoms. The summed E-state index contributed by atoms with van der Waals surface area (Å²) in [6, 6.07) is 1.75. The maximum Gasteiger partial charge on any atom is 0.341 e.